The second-order valence-electron chi connectivity index (χ2n) is 3.87. The summed E-state index contributed by atoms with van der Waals surface area (Å²) in [7, 11) is 0. The van der Waals surface area contributed by atoms with Crippen LogP contribution in [-0.2, 0) is 11.3 Å². The van der Waals surface area contributed by atoms with Crippen LogP contribution in [0.4, 0.5) is 0 Å². The van der Waals surface area contributed by atoms with E-state index in [4.69, 9.17) is 9.52 Å². The molecule has 1 rings (SSSR count). The van der Waals surface area contributed by atoms with Crippen molar-refractivity contribution in [3.05, 3.63) is 24.2 Å². The number of rotatable bonds is 6. The highest BCUT2D eigenvalue weighted by Gasteiger charge is 2.13. The zero-order valence-electron chi connectivity index (χ0n) is 9.85. The van der Waals surface area contributed by atoms with Crippen LogP contribution in [0.25, 0.3) is 0 Å². The van der Waals surface area contributed by atoms with Gasteiger partial charge < -0.3 is 14.4 Å². The minimum Gasteiger partial charge on any atom is -0.467 e. The van der Waals surface area contributed by atoms with Crippen LogP contribution < -0.4 is 0 Å². The molecule has 0 bridgehead atoms. The first-order chi connectivity index (χ1) is 7.63. The van der Waals surface area contributed by atoms with Crippen molar-refractivity contribution in [2.75, 3.05) is 6.54 Å². The van der Waals surface area contributed by atoms with Gasteiger partial charge in [0.25, 0.3) is 0 Å². The predicted molar refractivity (Wildman–Crippen MR) is 60.7 cm³/mol. The number of amides is 1. The molecule has 1 aromatic rings. The molecule has 1 aromatic heterocycles. The molecule has 0 saturated heterocycles. The lowest BCUT2D eigenvalue weighted by atomic mass is 10.2. The highest BCUT2D eigenvalue weighted by atomic mass is 16.3. The lowest BCUT2D eigenvalue weighted by Gasteiger charge is -2.19. The van der Waals surface area contributed by atoms with Gasteiger partial charge in [-0.1, -0.05) is 0 Å². The van der Waals surface area contributed by atoms with E-state index in [-0.39, 0.29) is 5.91 Å². The van der Waals surface area contributed by atoms with Crippen molar-refractivity contribution in [2.45, 2.75) is 39.3 Å². The van der Waals surface area contributed by atoms with Gasteiger partial charge in [-0.15, -0.1) is 0 Å². The molecule has 0 aliphatic heterocycles. The summed E-state index contributed by atoms with van der Waals surface area (Å²) >= 11 is 0. The number of aliphatic hydroxyl groups is 1. The Bertz CT molecular complexity index is 306. The number of carbonyl (C=O) groups is 1. The topological polar surface area (TPSA) is 53.7 Å². The molecule has 0 aliphatic rings. The fourth-order valence-electron chi connectivity index (χ4n) is 1.46. The van der Waals surface area contributed by atoms with Crippen molar-refractivity contribution in [3.8, 4) is 0 Å². The minimum absolute atomic E-state index is 0.0554. The normalized spacial score (nSPS) is 12.4. The summed E-state index contributed by atoms with van der Waals surface area (Å²) in [6.07, 6.45) is 2.06. The fraction of sp³-hybridized carbons (Fsp3) is 0.583. The third-order valence-electron chi connectivity index (χ3n) is 2.44. The van der Waals surface area contributed by atoms with E-state index in [1.807, 2.05) is 19.1 Å². The van der Waals surface area contributed by atoms with E-state index >= 15 is 0 Å². The molecule has 1 amide bonds. The molecule has 0 spiro atoms. The van der Waals surface area contributed by atoms with Crippen LogP contribution in [0.1, 0.15) is 32.4 Å². The first-order valence-corrected chi connectivity index (χ1v) is 5.61. The second-order valence-corrected chi connectivity index (χ2v) is 3.87. The summed E-state index contributed by atoms with van der Waals surface area (Å²) < 4.78 is 5.20. The molecule has 0 fully saturated rings. The second kappa shape index (κ2) is 6.33. The third-order valence-corrected chi connectivity index (χ3v) is 2.44. The fourth-order valence-corrected chi connectivity index (χ4v) is 1.46. The first-order valence-electron chi connectivity index (χ1n) is 5.61. The van der Waals surface area contributed by atoms with E-state index in [1.54, 1.807) is 18.1 Å². The summed E-state index contributed by atoms with van der Waals surface area (Å²) in [5, 5.41) is 9.12. The van der Waals surface area contributed by atoms with Gasteiger partial charge in [0.05, 0.1) is 18.9 Å². The number of carbonyl (C=O) groups excluding carboxylic acids is 1. The van der Waals surface area contributed by atoms with E-state index in [9.17, 15) is 4.79 Å². The highest BCUT2D eigenvalue weighted by molar-refractivity contribution is 5.76. The third kappa shape index (κ3) is 4.06. The quantitative estimate of drug-likeness (QED) is 0.803. The van der Waals surface area contributed by atoms with Crippen LogP contribution in [-0.4, -0.2) is 28.6 Å². The van der Waals surface area contributed by atoms with Crippen molar-refractivity contribution < 1.29 is 14.3 Å². The zero-order chi connectivity index (χ0) is 12.0. The van der Waals surface area contributed by atoms with Gasteiger partial charge >= 0.3 is 0 Å². The van der Waals surface area contributed by atoms with Crippen LogP contribution in [0.5, 0.6) is 0 Å². The maximum absolute atomic E-state index is 11.8. The van der Waals surface area contributed by atoms with Crippen LogP contribution in [0, 0.1) is 0 Å². The summed E-state index contributed by atoms with van der Waals surface area (Å²) in [6, 6.07) is 3.66. The number of nitrogens with zero attached hydrogens (tertiary/aromatic N) is 1. The van der Waals surface area contributed by atoms with Crippen LogP contribution in [0.3, 0.4) is 0 Å². The Labute approximate surface area is 95.9 Å². The van der Waals surface area contributed by atoms with Crippen molar-refractivity contribution >= 4 is 5.91 Å². The standard InChI is InChI=1S/C12H19NO3/c1-3-13(9-11-5-4-8-16-11)12(15)7-6-10(2)14/h4-5,8,10,14H,3,6-7,9H2,1-2H3. The number of aliphatic hydroxyl groups excluding tert-OH is 1. The molecule has 0 aliphatic carbocycles. The first kappa shape index (κ1) is 12.8. The largest absolute Gasteiger partial charge is 0.467 e. The Morgan fingerprint density at radius 3 is 2.88 bits per heavy atom. The average molecular weight is 225 g/mol. The molecule has 1 atom stereocenters. The Morgan fingerprint density at radius 2 is 2.38 bits per heavy atom. The highest BCUT2D eigenvalue weighted by Crippen LogP contribution is 2.08. The van der Waals surface area contributed by atoms with Gasteiger partial charge in [-0.25, -0.2) is 0 Å². The zero-order valence-corrected chi connectivity index (χ0v) is 9.85. The molecular weight excluding hydrogens is 206 g/mol. The van der Waals surface area contributed by atoms with E-state index in [1.165, 1.54) is 0 Å². The van der Waals surface area contributed by atoms with Crippen molar-refractivity contribution in [2.24, 2.45) is 0 Å². The molecule has 1 N–H and O–H groups in total. The van der Waals surface area contributed by atoms with E-state index < -0.39 is 6.10 Å². The molecule has 1 unspecified atom stereocenters. The maximum atomic E-state index is 11.8. The molecule has 4 heteroatoms. The van der Waals surface area contributed by atoms with Crippen LogP contribution in [0.2, 0.25) is 0 Å². The Hall–Kier alpha value is -1.29. The Morgan fingerprint density at radius 1 is 1.62 bits per heavy atom. The SMILES string of the molecule is CCN(Cc1ccco1)C(=O)CCC(C)O. The lowest BCUT2D eigenvalue weighted by Crippen LogP contribution is -2.30. The van der Waals surface area contributed by atoms with Crippen molar-refractivity contribution in [1.29, 1.82) is 0 Å². The monoisotopic (exact) mass is 225 g/mol. The molecule has 0 saturated carbocycles. The summed E-state index contributed by atoms with van der Waals surface area (Å²) in [5.41, 5.74) is 0. The summed E-state index contributed by atoms with van der Waals surface area (Å²) in [6.45, 7) is 4.78. The Kier molecular flexibility index (Phi) is 5.05. The van der Waals surface area contributed by atoms with E-state index in [2.05, 4.69) is 0 Å². The summed E-state index contributed by atoms with van der Waals surface area (Å²) in [5.74, 6) is 0.840. The number of hydrogen-bond acceptors (Lipinski definition) is 3. The predicted octanol–water partition coefficient (Wildman–Crippen LogP) is 1.79. The van der Waals surface area contributed by atoms with Gasteiger partial charge in [-0.2, -0.15) is 0 Å². The molecular formula is C12H19NO3. The van der Waals surface area contributed by atoms with Gasteiger partial charge in [-0.3, -0.25) is 4.79 Å². The van der Waals surface area contributed by atoms with Crippen LogP contribution >= 0.6 is 0 Å². The number of furan rings is 1. The molecule has 1 heterocycles. The van der Waals surface area contributed by atoms with Gasteiger partial charge in [0, 0.05) is 13.0 Å². The van der Waals surface area contributed by atoms with Gasteiger partial charge in [-0.05, 0) is 32.4 Å². The Balaban J connectivity index is 2.44. The molecule has 4 nitrogen and oxygen atoms in total. The van der Waals surface area contributed by atoms with Gasteiger partial charge in [0.15, 0.2) is 0 Å². The minimum atomic E-state index is -0.425. The molecule has 90 valence electrons. The van der Waals surface area contributed by atoms with Crippen LogP contribution in [0.15, 0.2) is 22.8 Å². The van der Waals surface area contributed by atoms with Crippen molar-refractivity contribution in [3.63, 3.8) is 0 Å². The molecule has 0 radical (unpaired) electrons. The lowest BCUT2D eigenvalue weighted by molar-refractivity contribution is -0.132. The van der Waals surface area contributed by atoms with E-state index in [0.29, 0.717) is 25.9 Å². The van der Waals surface area contributed by atoms with Crippen molar-refractivity contribution in [1.82, 2.24) is 4.90 Å². The average Bonchev–Trinajstić information content (AvgIpc) is 2.75. The van der Waals surface area contributed by atoms with Gasteiger partial charge in [0.1, 0.15) is 5.76 Å². The number of hydrogen-bond donors (Lipinski definition) is 1. The smallest absolute Gasteiger partial charge is 0.223 e. The van der Waals surface area contributed by atoms with E-state index in [0.717, 1.165) is 5.76 Å². The molecule has 0 aromatic carbocycles. The summed E-state index contributed by atoms with van der Waals surface area (Å²) in [4.78, 5) is 13.5. The van der Waals surface area contributed by atoms with Gasteiger partial charge in [0.2, 0.25) is 5.91 Å². The molecule has 16 heavy (non-hydrogen) atoms. The maximum Gasteiger partial charge on any atom is 0.223 e.